The van der Waals surface area contributed by atoms with Crippen LogP contribution < -0.4 is 10.6 Å². The molecule has 2 amide bonds. The Morgan fingerprint density at radius 1 is 1.19 bits per heavy atom. The molecular formula is C20H21FN4O2. The lowest BCUT2D eigenvalue weighted by molar-refractivity contribution is 0.215. The number of hydrogen-bond acceptors (Lipinski definition) is 3. The van der Waals surface area contributed by atoms with Crippen molar-refractivity contribution in [1.29, 1.82) is 0 Å². The fraction of sp³-hybridized carbons (Fsp3) is 0.200. The molecule has 0 spiro atoms. The smallest absolute Gasteiger partial charge is 0.315 e. The van der Waals surface area contributed by atoms with Crippen molar-refractivity contribution in [3.05, 3.63) is 84.2 Å². The van der Waals surface area contributed by atoms with Gasteiger partial charge in [0.15, 0.2) is 0 Å². The van der Waals surface area contributed by atoms with Crippen LogP contribution in [0, 0.1) is 5.82 Å². The summed E-state index contributed by atoms with van der Waals surface area (Å²) < 4.78 is 15.8. The van der Waals surface area contributed by atoms with Crippen LogP contribution in [0.5, 0.6) is 0 Å². The van der Waals surface area contributed by atoms with E-state index in [0.717, 1.165) is 5.56 Å². The Labute approximate surface area is 156 Å². The number of hydrogen-bond donors (Lipinski definition) is 3. The van der Waals surface area contributed by atoms with Gasteiger partial charge in [0.1, 0.15) is 5.82 Å². The van der Waals surface area contributed by atoms with Crippen LogP contribution in [0.25, 0.3) is 5.69 Å². The van der Waals surface area contributed by atoms with Crippen molar-refractivity contribution in [2.24, 2.45) is 0 Å². The van der Waals surface area contributed by atoms with Gasteiger partial charge in [-0.05, 0) is 29.7 Å². The Morgan fingerprint density at radius 3 is 2.67 bits per heavy atom. The van der Waals surface area contributed by atoms with E-state index in [1.807, 2.05) is 30.3 Å². The summed E-state index contributed by atoms with van der Waals surface area (Å²) >= 11 is 0. The van der Waals surface area contributed by atoms with Crippen LogP contribution in [0.2, 0.25) is 0 Å². The minimum atomic E-state index is -0.413. The minimum Gasteiger partial charge on any atom is -0.394 e. The molecule has 0 saturated carbocycles. The highest BCUT2D eigenvalue weighted by atomic mass is 19.1. The quantitative estimate of drug-likeness (QED) is 0.599. The minimum absolute atomic E-state index is 0.170. The number of aliphatic hydroxyl groups excluding tert-OH is 1. The SMILES string of the molecule is O=C(NCc1ccc(-n2ccnc2)c(F)c1)NC(CO)Cc1ccccc1. The topological polar surface area (TPSA) is 79.2 Å². The van der Waals surface area contributed by atoms with Crippen molar-refractivity contribution >= 4 is 6.03 Å². The molecule has 0 bridgehead atoms. The van der Waals surface area contributed by atoms with Gasteiger partial charge in [0.25, 0.3) is 0 Å². The maximum absolute atomic E-state index is 14.2. The third kappa shape index (κ3) is 5.15. The monoisotopic (exact) mass is 368 g/mol. The molecular weight excluding hydrogens is 347 g/mol. The summed E-state index contributed by atoms with van der Waals surface area (Å²) in [5.74, 6) is -0.398. The third-order valence-corrected chi connectivity index (χ3v) is 4.13. The lowest BCUT2D eigenvalue weighted by Gasteiger charge is -2.17. The number of carbonyl (C=O) groups excluding carboxylic acids is 1. The number of halogens is 1. The molecule has 1 aromatic heterocycles. The zero-order valence-corrected chi connectivity index (χ0v) is 14.7. The summed E-state index contributed by atoms with van der Waals surface area (Å²) in [4.78, 5) is 16.0. The molecule has 0 aliphatic heterocycles. The van der Waals surface area contributed by atoms with E-state index in [0.29, 0.717) is 17.7 Å². The number of nitrogens with zero attached hydrogens (tertiary/aromatic N) is 2. The van der Waals surface area contributed by atoms with E-state index >= 15 is 0 Å². The number of imidazole rings is 1. The average molecular weight is 368 g/mol. The zero-order valence-electron chi connectivity index (χ0n) is 14.7. The lowest BCUT2D eigenvalue weighted by atomic mass is 10.1. The van der Waals surface area contributed by atoms with E-state index in [9.17, 15) is 14.3 Å². The van der Waals surface area contributed by atoms with Crippen LogP contribution in [0.15, 0.2) is 67.3 Å². The maximum atomic E-state index is 14.2. The molecule has 0 radical (unpaired) electrons. The van der Waals surface area contributed by atoms with Gasteiger partial charge < -0.3 is 20.3 Å². The van der Waals surface area contributed by atoms with Gasteiger partial charge in [-0.25, -0.2) is 14.2 Å². The van der Waals surface area contributed by atoms with Crippen molar-refractivity contribution in [2.75, 3.05) is 6.61 Å². The van der Waals surface area contributed by atoms with Gasteiger partial charge in [-0.3, -0.25) is 0 Å². The van der Waals surface area contributed by atoms with Crippen LogP contribution in [0.3, 0.4) is 0 Å². The molecule has 27 heavy (non-hydrogen) atoms. The lowest BCUT2D eigenvalue weighted by Crippen LogP contribution is -2.44. The Bertz CT molecular complexity index is 869. The molecule has 3 N–H and O–H groups in total. The maximum Gasteiger partial charge on any atom is 0.315 e. The van der Waals surface area contributed by atoms with Crippen molar-refractivity contribution in [3.8, 4) is 5.69 Å². The molecule has 1 atom stereocenters. The largest absolute Gasteiger partial charge is 0.394 e. The highest BCUT2D eigenvalue weighted by Crippen LogP contribution is 2.14. The molecule has 0 saturated heterocycles. The first kappa shape index (κ1) is 18.6. The summed E-state index contributed by atoms with van der Waals surface area (Å²) in [6.45, 7) is 0.00694. The Balaban J connectivity index is 1.53. The predicted molar refractivity (Wildman–Crippen MR) is 99.9 cm³/mol. The Morgan fingerprint density at radius 2 is 2.00 bits per heavy atom. The molecule has 3 rings (SSSR count). The van der Waals surface area contributed by atoms with E-state index in [1.165, 1.54) is 12.4 Å². The zero-order chi connectivity index (χ0) is 19.1. The second kappa shape index (κ2) is 8.95. The highest BCUT2D eigenvalue weighted by Gasteiger charge is 2.12. The molecule has 0 fully saturated rings. The van der Waals surface area contributed by atoms with Crippen LogP contribution in [-0.4, -0.2) is 33.3 Å². The fourth-order valence-corrected chi connectivity index (χ4v) is 2.75. The number of benzene rings is 2. The van der Waals surface area contributed by atoms with Crippen molar-refractivity contribution < 1.29 is 14.3 Å². The summed E-state index contributed by atoms with van der Waals surface area (Å²) in [5, 5.41) is 14.9. The molecule has 0 aliphatic carbocycles. The van der Waals surface area contributed by atoms with Gasteiger partial charge in [0.05, 0.1) is 24.7 Å². The molecule has 140 valence electrons. The normalized spacial score (nSPS) is 11.8. The van der Waals surface area contributed by atoms with Crippen LogP contribution in [0.1, 0.15) is 11.1 Å². The van der Waals surface area contributed by atoms with Crippen molar-refractivity contribution in [2.45, 2.75) is 19.0 Å². The van der Waals surface area contributed by atoms with E-state index in [-0.39, 0.29) is 13.2 Å². The van der Waals surface area contributed by atoms with Gasteiger partial charge in [-0.2, -0.15) is 0 Å². The summed E-state index contributed by atoms with van der Waals surface area (Å²) in [6, 6.07) is 13.6. The first-order chi connectivity index (χ1) is 13.2. The highest BCUT2D eigenvalue weighted by molar-refractivity contribution is 5.74. The predicted octanol–water partition coefficient (Wildman–Crippen LogP) is 2.41. The number of carbonyl (C=O) groups is 1. The molecule has 0 aliphatic rings. The third-order valence-electron chi connectivity index (χ3n) is 4.13. The second-order valence-electron chi connectivity index (χ2n) is 6.15. The van der Waals surface area contributed by atoms with E-state index in [2.05, 4.69) is 15.6 Å². The fourth-order valence-electron chi connectivity index (χ4n) is 2.75. The number of aliphatic hydroxyl groups is 1. The van der Waals surface area contributed by atoms with Gasteiger partial charge in [-0.15, -0.1) is 0 Å². The number of rotatable bonds is 7. The van der Waals surface area contributed by atoms with Gasteiger partial charge in [0.2, 0.25) is 0 Å². The first-order valence-electron chi connectivity index (χ1n) is 8.61. The molecule has 3 aromatic rings. The average Bonchev–Trinajstić information content (AvgIpc) is 3.21. The number of aromatic nitrogens is 2. The summed E-state index contributed by atoms with van der Waals surface area (Å²) in [5.41, 5.74) is 2.05. The molecule has 1 heterocycles. The van der Waals surface area contributed by atoms with Crippen molar-refractivity contribution in [3.63, 3.8) is 0 Å². The molecule has 2 aromatic carbocycles. The summed E-state index contributed by atoms with van der Waals surface area (Å²) in [6.07, 6.45) is 5.28. The standard InChI is InChI=1S/C20H21FN4O2/c21-18-11-16(6-7-19(18)25-9-8-22-14-25)12-23-20(27)24-17(13-26)10-15-4-2-1-3-5-15/h1-9,11,14,17,26H,10,12-13H2,(H2,23,24,27). The van der Waals surface area contributed by atoms with E-state index in [1.54, 1.807) is 29.1 Å². The molecule has 1 unspecified atom stereocenters. The number of amides is 2. The van der Waals surface area contributed by atoms with E-state index in [4.69, 9.17) is 0 Å². The van der Waals surface area contributed by atoms with Crippen LogP contribution >= 0.6 is 0 Å². The second-order valence-corrected chi connectivity index (χ2v) is 6.15. The number of nitrogens with one attached hydrogen (secondary N) is 2. The summed E-state index contributed by atoms with van der Waals surface area (Å²) in [7, 11) is 0. The van der Waals surface area contributed by atoms with Gasteiger partial charge in [0, 0.05) is 18.9 Å². The van der Waals surface area contributed by atoms with Crippen LogP contribution in [0.4, 0.5) is 9.18 Å². The Kier molecular flexibility index (Phi) is 6.17. The van der Waals surface area contributed by atoms with Crippen molar-refractivity contribution in [1.82, 2.24) is 20.2 Å². The molecule has 7 heteroatoms. The molecule has 6 nitrogen and oxygen atoms in total. The van der Waals surface area contributed by atoms with Crippen LogP contribution in [-0.2, 0) is 13.0 Å². The Hall–Kier alpha value is -3.19. The number of urea groups is 1. The van der Waals surface area contributed by atoms with Gasteiger partial charge >= 0.3 is 6.03 Å². The first-order valence-corrected chi connectivity index (χ1v) is 8.61. The van der Waals surface area contributed by atoms with E-state index < -0.39 is 17.9 Å². The van der Waals surface area contributed by atoms with Gasteiger partial charge in [-0.1, -0.05) is 36.4 Å².